The van der Waals surface area contributed by atoms with Gasteiger partial charge in [-0.2, -0.15) is 0 Å². The molecule has 0 aliphatic carbocycles. The van der Waals surface area contributed by atoms with Gasteiger partial charge < -0.3 is 4.42 Å². The summed E-state index contributed by atoms with van der Waals surface area (Å²) in [5, 5.41) is 10.7. The average molecular weight is 276 g/mol. The Morgan fingerprint density at radius 1 is 1.15 bits per heavy atom. The van der Waals surface area contributed by atoms with Gasteiger partial charge in [0.05, 0.1) is 10.5 Å². The van der Waals surface area contributed by atoms with E-state index in [0.717, 1.165) is 24.3 Å². The largest absolute Gasteiger partial charge is 0.436 e. The Hall–Kier alpha value is -2.83. The Kier molecular flexibility index (Phi) is 2.67. The van der Waals surface area contributed by atoms with Crippen molar-refractivity contribution in [3.05, 3.63) is 58.1 Å². The second-order valence-electron chi connectivity index (χ2n) is 4.05. The highest BCUT2D eigenvalue weighted by Gasteiger charge is 2.17. The predicted octanol–water partition coefficient (Wildman–Crippen LogP) is 3.68. The summed E-state index contributed by atoms with van der Waals surface area (Å²) >= 11 is 0. The van der Waals surface area contributed by atoms with Gasteiger partial charge in [-0.05, 0) is 18.2 Å². The lowest BCUT2D eigenvalue weighted by Gasteiger charge is -1.97. The van der Waals surface area contributed by atoms with E-state index >= 15 is 0 Å². The highest BCUT2D eigenvalue weighted by atomic mass is 19.1. The summed E-state index contributed by atoms with van der Waals surface area (Å²) in [4.78, 5) is 14.0. The molecule has 0 aliphatic rings. The van der Waals surface area contributed by atoms with Crippen LogP contribution in [0.5, 0.6) is 0 Å². The zero-order chi connectivity index (χ0) is 14.3. The molecule has 0 fully saturated rings. The molecule has 3 rings (SSSR count). The first-order chi connectivity index (χ1) is 9.54. The van der Waals surface area contributed by atoms with Crippen molar-refractivity contribution >= 4 is 16.8 Å². The van der Waals surface area contributed by atoms with Gasteiger partial charge in [0.15, 0.2) is 5.58 Å². The third-order valence-corrected chi connectivity index (χ3v) is 2.74. The standard InChI is InChI=1S/C13H6F2N2O3/c14-7-1-4-12-11(5-7)16-13(20-12)9-6-8(17(18)19)2-3-10(9)15/h1-6H. The smallest absolute Gasteiger partial charge is 0.270 e. The molecule has 2 aromatic carbocycles. The average Bonchev–Trinajstić information content (AvgIpc) is 2.81. The number of nitro benzene ring substituents is 1. The van der Waals surface area contributed by atoms with E-state index in [1.165, 1.54) is 12.1 Å². The van der Waals surface area contributed by atoms with E-state index in [1.807, 2.05) is 0 Å². The van der Waals surface area contributed by atoms with Crippen molar-refractivity contribution < 1.29 is 18.1 Å². The first-order valence-corrected chi connectivity index (χ1v) is 5.55. The van der Waals surface area contributed by atoms with E-state index in [2.05, 4.69) is 4.98 Å². The molecule has 0 atom stereocenters. The van der Waals surface area contributed by atoms with Crippen LogP contribution in [0.15, 0.2) is 40.8 Å². The van der Waals surface area contributed by atoms with Gasteiger partial charge in [-0.3, -0.25) is 10.1 Å². The van der Waals surface area contributed by atoms with Crippen molar-refractivity contribution in [3.8, 4) is 11.5 Å². The van der Waals surface area contributed by atoms with Crippen molar-refractivity contribution in [1.29, 1.82) is 0 Å². The van der Waals surface area contributed by atoms with Crippen molar-refractivity contribution in [2.45, 2.75) is 0 Å². The third-order valence-electron chi connectivity index (χ3n) is 2.74. The minimum absolute atomic E-state index is 0.133. The highest BCUT2D eigenvalue weighted by molar-refractivity contribution is 5.76. The maximum atomic E-state index is 13.7. The number of nitrogens with zero attached hydrogens (tertiary/aromatic N) is 2. The maximum Gasteiger partial charge on any atom is 0.270 e. The number of non-ortho nitro benzene ring substituents is 1. The fourth-order valence-electron chi connectivity index (χ4n) is 1.81. The number of hydrogen-bond acceptors (Lipinski definition) is 4. The molecular formula is C13H6F2N2O3. The summed E-state index contributed by atoms with van der Waals surface area (Å²) in [6, 6.07) is 6.70. The third kappa shape index (κ3) is 1.99. The summed E-state index contributed by atoms with van der Waals surface area (Å²) in [5.41, 5.74) is 0.0591. The molecule has 0 N–H and O–H groups in total. The Morgan fingerprint density at radius 3 is 2.70 bits per heavy atom. The lowest BCUT2D eigenvalue weighted by molar-refractivity contribution is -0.384. The summed E-state index contributed by atoms with van der Waals surface area (Å²) in [5.74, 6) is -1.34. The molecule has 1 aromatic heterocycles. The molecule has 0 saturated heterocycles. The number of nitro groups is 1. The number of fused-ring (bicyclic) bond motifs is 1. The van der Waals surface area contributed by atoms with Crippen molar-refractivity contribution in [2.24, 2.45) is 0 Å². The normalized spacial score (nSPS) is 10.9. The zero-order valence-corrected chi connectivity index (χ0v) is 9.84. The van der Waals surface area contributed by atoms with Crippen LogP contribution in [0.25, 0.3) is 22.6 Å². The van der Waals surface area contributed by atoms with E-state index in [-0.39, 0.29) is 28.2 Å². The number of oxazole rings is 1. The molecule has 0 saturated carbocycles. The van der Waals surface area contributed by atoms with Gasteiger partial charge >= 0.3 is 0 Å². The number of hydrogen-bond donors (Lipinski definition) is 0. The van der Waals surface area contributed by atoms with Crippen LogP contribution in [-0.4, -0.2) is 9.91 Å². The van der Waals surface area contributed by atoms with E-state index in [9.17, 15) is 18.9 Å². The van der Waals surface area contributed by atoms with Crippen molar-refractivity contribution in [2.75, 3.05) is 0 Å². The molecule has 5 nitrogen and oxygen atoms in total. The summed E-state index contributed by atoms with van der Waals surface area (Å²) < 4.78 is 32.1. The molecule has 100 valence electrons. The van der Waals surface area contributed by atoms with Gasteiger partial charge in [0, 0.05) is 18.2 Å². The van der Waals surface area contributed by atoms with Crippen LogP contribution in [0.3, 0.4) is 0 Å². The minimum Gasteiger partial charge on any atom is -0.436 e. The van der Waals surface area contributed by atoms with Crippen molar-refractivity contribution in [1.82, 2.24) is 4.98 Å². The first-order valence-electron chi connectivity index (χ1n) is 5.55. The molecule has 0 unspecified atom stereocenters. The summed E-state index contributed by atoms with van der Waals surface area (Å²) in [7, 11) is 0. The number of rotatable bonds is 2. The Morgan fingerprint density at radius 2 is 1.95 bits per heavy atom. The maximum absolute atomic E-state index is 13.7. The van der Waals surface area contributed by atoms with Gasteiger partial charge in [0.1, 0.15) is 17.2 Å². The van der Waals surface area contributed by atoms with E-state index in [4.69, 9.17) is 4.42 Å². The molecule has 20 heavy (non-hydrogen) atoms. The van der Waals surface area contributed by atoms with Crippen LogP contribution < -0.4 is 0 Å². The van der Waals surface area contributed by atoms with Gasteiger partial charge in [-0.1, -0.05) is 0 Å². The Bertz CT molecular complexity index is 830. The molecule has 0 radical (unpaired) electrons. The van der Waals surface area contributed by atoms with Gasteiger partial charge in [-0.15, -0.1) is 0 Å². The van der Waals surface area contributed by atoms with Gasteiger partial charge in [0.25, 0.3) is 5.69 Å². The molecule has 0 spiro atoms. The molecule has 0 bridgehead atoms. The van der Waals surface area contributed by atoms with Crippen LogP contribution in [0.4, 0.5) is 14.5 Å². The second-order valence-corrected chi connectivity index (χ2v) is 4.05. The van der Waals surface area contributed by atoms with Crippen LogP contribution in [0.2, 0.25) is 0 Å². The van der Waals surface area contributed by atoms with E-state index in [0.29, 0.717) is 0 Å². The van der Waals surface area contributed by atoms with Crippen LogP contribution >= 0.6 is 0 Å². The zero-order valence-electron chi connectivity index (χ0n) is 9.84. The number of halogens is 2. The summed E-state index contributed by atoms with van der Waals surface area (Å²) in [6.07, 6.45) is 0. The quantitative estimate of drug-likeness (QED) is 0.528. The summed E-state index contributed by atoms with van der Waals surface area (Å²) in [6.45, 7) is 0. The van der Waals surface area contributed by atoms with Crippen LogP contribution in [0.1, 0.15) is 0 Å². The van der Waals surface area contributed by atoms with E-state index < -0.39 is 16.6 Å². The molecule has 3 aromatic rings. The Balaban J connectivity index is 2.19. The minimum atomic E-state index is -0.706. The van der Waals surface area contributed by atoms with Gasteiger partial charge in [-0.25, -0.2) is 13.8 Å². The predicted molar refractivity (Wildman–Crippen MR) is 66.0 cm³/mol. The molecule has 7 heteroatoms. The van der Waals surface area contributed by atoms with Crippen molar-refractivity contribution in [3.63, 3.8) is 0 Å². The molecule has 0 amide bonds. The molecule has 0 aliphatic heterocycles. The van der Waals surface area contributed by atoms with E-state index in [1.54, 1.807) is 0 Å². The molecule has 1 heterocycles. The fraction of sp³-hybridized carbons (Fsp3) is 0. The van der Waals surface area contributed by atoms with Crippen LogP contribution in [-0.2, 0) is 0 Å². The van der Waals surface area contributed by atoms with Gasteiger partial charge in [0.2, 0.25) is 5.89 Å². The monoisotopic (exact) mass is 276 g/mol. The SMILES string of the molecule is O=[N+]([O-])c1ccc(F)c(-c2nc3cc(F)ccc3o2)c1. The topological polar surface area (TPSA) is 69.2 Å². The second kappa shape index (κ2) is 4.37. The first kappa shape index (κ1) is 12.2. The molecular weight excluding hydrogens is 270 g/mol. The number of benzene rings is 2. The lowest BCUT2D eigenvalue weighted by Crippen LogP contribution is -1.91. The highest BCUT2D eigenvalue weighted by Crippen LogP contribution is 2.29. The number of aromatic nitrogens is 1. The Labute approximate surface area is 110 Å². The lowest BCUT2D eigenvalue weighted by atomic mass is 10.2. The van der Waals surface area contributed by atoms with Crippen LogP contribution in [0, 0.1) is 21.7 Å². The fourth-order valence-corrected chi connectivity index (χ4v) is 1.81.